The van der Waals surface area contributed by atoms with E-state index in [1.54, 1.807) is 6.07 Å². The van der Waals surface area contributed by atoms with E-state index < -0.39 is 11.6 Å². The van der Waals surface area contributed by atoms with Crippen molar-refractivity contribution in [3.8, 4) is 11.5 Å². The van der Waals surface area contributed by atoms with E-state index in [2.05, 4.69) is 15.5 Å². The fourth-order valence-electron chi connectivity index (χ4n) is 2.84. The van der Waals surface area contributed by atoms with E-state index >= 15 is 0 Å². The minimum absolute atomic E-state index is 0. The molecule has 0 unspecified atom stereocenters. The lowest BCUT2D eigenvalue weighted by molar-refractivity contribution is 0.339. The molecule has 24 heavy (non-hydrogen) atoms. The molecular weight excluding hydrogens is 358 g/mol. The van der Waals surface area contributed by atoms with Crippen LogP contribution in [0.15, 0.2) is 21.3 Å². The molecule has 1 saturated carbocycles. The van der Waals surface area contributed by atoms with Gasteiger partial charge in [0.25, 0.3) is 0 Å². The number of aromatic amines is 1. The smallest absolute Gasteiger partial charge is 0.388 e. The van der Waals surface area contributed by atoms with Gasteiger partial charge in [-0.25, -0.2) is 14.3 Å². The number of aromatic nitrogens is 2. The second-order valence-electron chi connectivity index (χ2n) is 5.90. The Balaban J connectivity index is 0.00000208. The van der Waals surface area contributed by atoms with Gasteiger partial charge in [0.2, 0.25) is 5.89 Å². The van der Waals surface area contributed by atoms with Crippen molar-refractivity contribution in [2.75, 3.05) is 11.9 Å². The van der Waals surface area contributed by atoms with Crippen molar-refractivity contribution in [1.82, 2.24) is 10.2 Å². The SMILES string of the molecule is Cl.NC1CCC(CNc2cc(-c3n[nH]c(=O)o3)cc(F)c2Cl)CC1. The van der Waals surface area contributed by atoms with E-state index in [1.165, 1.54) is 6.07 Å². The largest absolute Gasteiger partial charge is 0.434 e. The first-order chi connectivity index (χ1) is 11.0. The number of nitrogens with two attached hydrogens (primary N) is 1. The topological polar surface area (TPSA) is 96.9 Å². The summed E-state index contributed by atoms with van der Waals surface area (Å²) in [5.41, 5.74) is 6.70. The Kier molecular flexibility index (Phi) is 6.26. The zero-order valence-corrected chi connectivity index (χ0v) is 14.4. The van der Waals surface area contributed by atoms with Crippen LogP contribution in [-0.2, 0) is 0 Å². The molecule has 0 amide bonds. The van der Waals surface area contributed by atoms with E-state index in [4.69, 9.17) is 21.8 Å². The molecule has 0 atom stereocenters. The number of H-pyrrole nitrogens is 1. The monoisotopic (exact) mass is 376 g/mol. The summed E-state index contributed by atoms with van der Waals surface area (Å²) in [6.07, 6.45) is 4.10. The Morgan fingerprint density at radius 1 is 1.38 bits per heavy atom. The number of benzene rings is 1. The van der Waals surface area contributed by atoms with Gasteiger partial charge < -0.3 is 15.5 Å². The third-order valence-corrected chi connectivity index (χ3v) is 4.57. The summed E-state index contributed by atoms with van der Waals surface area (Å²) in [5.74, 6) is -0.774. The summed E-state index contributed by atoms with van der Waals surface area (Å²) in [7, 11) is 0. The summed E-state index contributed by atoms with van der Waals surface area (Å²) >= 11 is 6.02. The third-order valence-electron chi connectivity index (χ3n) is 4.19. The van der Waals surface area contributed by atoms with Gasteiger partial charge in [0.15, 0.2) is 0 Å². The summed E-state index contributed by atoms with van der Waals surface area (Å²) < 4.78 is 18.9. The number of hydrogen-bond acceptors (Lipinski definition) is 5. The van der Waals surface area contributed by atoms with Crippen LogP contribution in [-0.4, -0.2) is 22.8 Å². The molecule has 3 rings (SSSR count). The molecular formula is C15H19Cl2FN4O2. The van der Waals surface area contributed by atoms with Gasteiger partial charge in [-0.15, -0.1) is 17.5 Å². The van der Waals surface area contributed by atoms with Crippen molar-refractivity contribution in [3.05, 3.63) is 33.5 Å². The average molecular weight is 377 g/mol. The zero-order valence-electron chi connectivity index (χ0n) is 12.9. The molecule has 4 N–H and O–H groups in total. The first-order valence-corrected chi connectivity index (χ1v) is 7.95. The van der Waals surface area contributed by atoms with E-state index in [1.807, 2.05) is 0 Å². The molecule has 1 heterocycles. The summed E-state index contributed by atoms with van der Waals surface area (Å²) in [5, 5.41) is 9.05. The van der Waals surface area contributed by atoms with E-state index in [-0.39, 0.29) is 29.4 Å². The maximum atomic E-state index is 14.0. The van der Waals surface area contributed by atoms with Crippen LogP contribution in [0.5, 0.6) is 0 Å². The first-order valence-electron chi connectivity index (χ1n) is 7.57. The molecule has 1 aromatic carbocycles. The molecule has 0 saturated heterocycles. The molecule has 2 aromatic rings. The van der Waals surface area contributed by atoms with Gasteiger partial charge in [-0.3, -0.25) is 0 Å². The molecule has 132 valence electrons. The van der Waals surface area contributed by atoms with Crippen LogP contribution in [0.2, 0.25) is 5.02 Å². The number of rotatable bonds is 4. The zero-order chi connectivity index (χ0) is 16.4. The third kappa shape index (κ3) is 4.28. The molecule has 0 aliphatic heterocycles. The molecule has 6 nitrogen and oxygen atoms in total. The average Bonchev–Trinajstić information content (AvgIpc) is 2.97. The highest BCUT2D eigenvalue weighted by Gasteiger charge is 2.19. The van der Waals surface area contributed by atoms with Crippen LogP contribution in [0.3, 0.4) is 0 Å². The lowest BCUT2D eigenvalue weighted by atomic mass is 9.86. The molecule has 0 bridgehead atoms. The van der Waals surface area contributed by atoms with Crippen molar-refractivity contribution in [1.29, 1.82) is 0 Å². The van der Waals surface area contributed by atoms with Crippen molar-refractivity contribution in [2.24, 2.45) is 11.7 Å². The van der Waals surface area contributed by atoms with Gasteiger partial charge >= 0.3 is 5.76 Å². The molecule has 0 radical (unpaired) electrons. The van der Waals surface area contributed by atoms with Crippen LogP contribution < -0.4 is 16.8 Å². The number of nitrogens with zero attached hydrogens (tertiary/aromatic N) is 1. The van der Waals surface area contributed by atoms with Crippen molar-refractivity contribution in [3.63, 3.8) is 0 Å². The molecule has 1 fully saturated rings. The Morgan fingerprint density at radius 3 is 2.71 bits per heavy atom. The van der Waals surface area contributed by atoms with Crippen LogP contribution in [0, 0.1) is 11.7 Å². The second kappa shape index (κ2) is 8.00. The van der Waals surface area contributed by atoms with Crippen LogP contribution in [0.25, 0.3) is 11.5 Å². The molecule has 1 aromatic heterocycles. The van der Waals surface area contributed by atoms with Crippen LogP contribution >= 0.6 is 24.0 Å². The molecule has 9 heteroatoms. The van der Waals surface area contributed by atoms with Gasteiger partial charge in [0.1, 0.15) is 5.82 Å². The lowest BCUT2D eigenvalue weighted by Gasteiger charge is -2.26. The maximum Gasteiger partial charge on any atom is 0.434 e. The molecule has 1 aliphatic carbocycles. The van der Waals surface area contributed by atoms with Gasteiger partial charge in [0.05, 0.1) is 10.7 Å². The van der Waals surface area contributed by atoms with E-state index in [0.29, 0.717) is 23.7 Å². The van der Waals surface area contributed by atoms with Gasteiger partial charge in [-0.1, -0.05) is 11.6 Å². The summed E-state index contributed by atoms with van der Waals surface area (Å²) in [6, 6.07) is 3.10. The number of halogens is 3. The van der Waals surface area contributed by atoms with E-state index in [0.717, 1.165) is 25.7 Å². The Morgan fingerprint density at radius 2 is 2.08 bits per heavy atom. The van der Waals surface area contributed by atoms with Crippen LogP contribution in [0.4, 0.5) is 10.1 Å². The standard InChI is InChI=1S/C15H18ClFN4O2.ClH/c16-13-11(17)5-9(14-20-21-15(22)23-14)6-12(13)19-7-8-1-3-10(18)4-2-8;/h5-6,8,10,19H,1-4,7,18H2,(H,21,22);1H. The van der Waals surface area contributed by atoms with Crippen LogP contribution in [0.1, 0.15) is 25.7 Å². The fraction of sp³-hybridized carbons (Fsp3) is 0.467. The minimum atomic E-state index is -0.691. The molecule has 1 aliphatic rings. The highest BCUT2D eigenvalue weighted by Crippen LogP contribution is 2.31. The summed E-state index contributed by atoms with van der Waals surface area (Å²) in [4.78, 5) is 11.0. The Labute approximate surface area is 149 Å². The minimum Gasteiger partial charge on any atom is -0.388 e. The van der Waals surface area contributed by atoms with Gasteiger partial charge in [0, 0.05) is 18.2 Å². The number of hydrogen-bond donors (Lipinski definition) is 3. The fourth-order valence-corrected chi connectivity index (χ4v) is 3.02. The number of nitrogens with one attached hydrogen (secondary N) is 2. The number of anilines is 1. The van der Waals surface area contributed by atoms with E-state index in [9.17, 15) is 9.18 Å². The second-order valence-corrected chi connectivity index (χ2v) is 6.28. The Bertz CT molecular complexity index is 741. The quantitative estimate of drug-likeness (QED) is 0.761. The summed E-state index contributed by atoms with van der Waals surface area (Å²) in [6.45, 7) is 0.694. The highest BCUT2D eigenvalue weighted by molar-refractivity contribution is 6.33. The predicted molar refractivity (Wildman–Crippen MR) is 93.2 cm³/mol. The van der Waals surface area contributed by atoms with Gasteiger partial charge in [-0.2, -0.15) is 0 Å². The highest BCUT2D eigenvalue weighted by atomic mass is 35.5. The predicted octanol–water partition coefficient (Wildman–Crippen LogP) is 3.17. The lowest BCUT2D eigenvalue weighted by Crippen LogP contribution is -2.29. The van der Waals surface area contributed by atoms with Crippen molar-refractivity contribution in [2.45, 2.75) is 31.7 Å². The normalized spacial score (nSPS) is 20.5. The maximum absolute atomic E-state index is 14.0. The van der Waals surface area contributed by atoms with Crippen molar-refractivity contribution >= 4 is 29.7 Å². The first kappa shape index (κ1) is 18.8. The molecule has 0 spiro atoms. The Hall–Kier alpha value is -1.57. The van der Waals surface area contributed by atoms with Gasteiger partial charge in [-0.05, 0) is 43.7 Å². The van der Waals surface area contributed by atoms with Crippen molar-refractivity contribution < 1.29 is 8.81 Å².